The van der Waals surface area contributed by atoms with E-state index in [1.54, 1.807) is 6.92 Å². The molecule has 0 saturated heterocycles. The Morgan fingerprint density at radius 3 is 2.00 bits per heavy atom. The van der Waals surface area contributed by atoms with Gasteiger partial charge in [-0.25, -0.2) is 4.79 Å². The van der Waals surface area contributed by atoms with Crippen LogP contribution in [0.1, 0.15) is 23.7 Å². The van der Waals surface area contributed by atoms with Gasteiger partial charge in [0.1, 0.15) is 0 Å². The molecular formula is C11H11N3O7. The van der Waals surface area contributed by atoms with Gasteiger partial charge in [-0.05, 0) is 6.42 Å². The third-order valence-electron chi connectivity index (χ3n) is 2.50. The zero-order chi connectivity index (χ0) is 16.2. The normalized spacial score (nSPS) is 11.5. The van der Waals surface area contributed by atoms with Gasteiger partial charge >= 0.3 is 5.97 Å². The molecule has 21 heavy (non-hydrogen) atoms. The number of primary amides is 1. The second-order valence-electron chi connectivity index (χ2n) is 3.96. The second-order valence-corrected chi connectivity index (χ2v) is 3.96. The lowest BCUT2D eigenvalue weighted by atomic mass is 10.1. The van der Waals surface area contributed by atoms with Crippen LogP contribution in [0, 0.1) is 20.2 Å². The van der Waals surface area contributed by atoms with Crippen LogP contribution in [0.4, 0.5) is 11.4 Å². The molecule has 2 N–H and O–H groups in total. The zero-order valence-corrected chi connectivity index (χ0v) is 10.8. The number of hydrogen-bond donors (Lipinski definition) is 1. The van der Waals surface area contributed by atoms with Crippen LogP contribution in [0.25, 0.3) is 0 Å². The summed E-state index contributed by atoms with van der Waals surface area (Å²) in [6, 6.07) is 2.36. The number of carbonyl (C=O) groups is 2. The average Bonchev–Trinajstić information content (AvgIpc) is 2.43. The molecule has 10 nitrogen and oxygen atoms in total. The van der Waals surface area contributed by atoms with Gasteiger partial charge in [-0.3, -0.25) is 25.0 Å². The van der Waals surface area contributed by atoms with Gasteiger partial charge < -0.3 is 10.5 Å². The fraction of sp³-hybridized carbons (Fsp3) is 0.273. The minimum atomic E-state index is -1.21. The van der Waals surface area contributed by atoms with Gasteiger partial charge in [-0.2, -0.15) is 0 Å². The van der Waals surface area contributed by atoms with E-state index in [0.29, 0.717) is 6.07 Å². The molecule has 0 fully saturated rings. The number of carbonyl (C=O) groups excluding carboxylic acids is 2. The van der Waals surface area contributed by atoms with Gasteiger partial charge in [-0.15, -0.1) is 0 Å². The summed E-state index contributed by atoms with van der Waals surface area (Å²) in [6.45, 7) is 1.54. The lowest BCUT2D eigenvalue weighted by molar-refractivity contribution is -0.394. The number of hydrogen-bond acceptors (Lipinski definition) is 7. The Kier molecular flexibility index (Phi) is 4.89. The maximum absolute atomic E-state index is 11.8. The molecule has 0 aliphatic heterocycles. The van der Waals surface area contributed by atoms with Gasteiger partial charge in [0, 0.05) is 12.1 Å². The van der Waals surface area contributed by atoms with Gasteiger partial charge in [0.2, 0.25) is 0 Å². The van der Waals surface area contributed by atoms with E-state index in [1.165, 1.54) is 0 Å². The van der Waals surface area contributed by atoms with Crippen molar-refractivity contribution in [2.24, 2.45) is 5.73 Å². The number of nitro groups is 2. The highest BCUT2D eigenvalue weighted by Crippen LogP contribution is 2.23. The van der Waals surface area contributed by atoms with E-state index in [1.807, 2.05) is 0 Å². The number of non-ortho nitro benzene ring substituents is 2. The van der Waals surface area contributed by atoms with E-state index in [-0.39, 0.29) is 6.42 Å². The van der Waals surface area contributed by atoms with Crippen molar-refractivity contribution in [2.45, 2.75) is 19.4 Å². The molecule has 0 spiro atoms. The van der Waals surface area contributed by atoms with Crippen molar-refractivity contribution in [3.8, 4) is 0 Å². The first kappa shape index (κ1) is 16.0. The number of esters is 1. The van der Waals surface area contributed by atoms with E-state index in [9.17, 15) is 29.8 Å². The topological polar surface area (TPSA) is 156 Å². The Hall–Kier alpha value is -3.04. The van der Waals surface area contributed by atoms with Gasteiger partial charge in [0.25, 0.3) is 17.3 Å². The smallest absolute Gasteiger partial charge is 0.339 e. The van der Waals surface area contributed by atoms with Crippen LogP contribution in [0.2, 0.25) is 0 Å². The summed E-state index contributed by atoms with van der Waals surface area (Å²) in [5.74, 6) is -1.99. The first-order chi connectivity index (χ1) is 9.76. The van der Waals surface area contributed by atoms with Gasteiger partial charge in [-0.1, -0.05) is 6.92 Å². The molecule has 0 saturated carbocycles. The summed E-state index contributed by atoms with van der Waals surface area (Å²) in [5, 5.41) is 21.4. The number of amides is 1. The van der Waals surface area contributed by atoms with Crippen LogP contribution in [0.3, 0.4) is 0 Å². The Bertz CT molecular complexity index is 582. The van der Waals surface area contributed by atoms with Crippen molar-refractivity contribution in [2.75, 3.05) is 0 Å². The van der Waals surface area contributed by atoms with Crippen LogP contribution >= 0.6 is 0 Å². The van der Waals surface area contributed by atoms with Crippen molar-refractivity contribution in [1.29, 1.82) is 0 Å². The summed E-state index contributed by atoms with van der Waals surface area (Å²) in [7, 11) is 0. The number of benzene rings is 1. The van der Waals surface area contributed by atoms with Crippen LogP contribution in [-0.4, -0.2) is 27.8 Å². The molecule has 0 aromatic heterocycles. The summed E-state index contributed by atoms with van der Waals surface area (Å²) < 4.78 is 4.76. The minimum Gasteiger partial charge on any atom is -0.449 e. The maximum atomic E-state index is 11.8. The molecule has 1 aromatic carbocycles. The number of nitrogens with zero attached hydrogens (tertiary/aromatic N) is 2. The molecule has 0 radical (unpaired) electrons. The van der Waals surface area contributed by atoms with E-state index >= 15 is 0 Å². The van der Waals surface area contributed by atoms with Crippen LogP contribution < -0.4 is 5.73 Å². The van der Waals surface area contributed by atoms with Crippen LogP contribution in [0.15, 0.2) is 18.2 Å². The highest BCUT2D eigenvalue weighted by molar-refractivity contribution is 5.93. The lowest BCUT2D eigenvalue weighted by Gasteiger charge is -2.12. The number of rotatable bonds is 6. The highest BCUT2D eigenvalue weighted by atomic mass is 16.6. The molecule has 0 aliphatic carbocycles. The Balaban J connectivity index is 3.16. The standard InChI is InChI=1S/C11H11N3O7/c1-2-9(10(12)15)21-11(16)6-3-7(13(17)18)5-8(4-6)14(19)20/h3-5,9H,2H2,1H3,(H2,12,15). The van der Waals surface area contributed by atoms with E-state index < -0.39 is 44.8 Å². The molecule has 1 aromatic rings. The van der Waals surface area contributed by atoms with Crippen molar-refractivity contribution >= 4 is 23.3 Å². The second kappa shape index (κ2) is 6.41. The number of ether oxygens (including phenoxy) is 1. The maximum Gasteiger partial charge on any atom is 0.339 e. The summed E-state index contributed by atoms with van der Waals surface area (Å²) in [6.07, 6.45) is -1.10. The zero-order valence-electron chi connectivity index (χ0n) is 10.8. The van der Waals surface area contributed by atoms with E-state index in [4.69, 9.17) is 10.5 Å². The van der Waals surface area contributed by atoms with Crippen molar-refractivity contribution in [3.05, 3.63) is 44.0 Å². The molecule has 112 valence electrons. The first-order valence-electron chi connectivity index (χ1n) is 5.70. The van der Waals surface area contributed by atoms with E-state index in [2.05, 4.69) is 0 Å². The molecule has 10 heteroatoms. The van der Waals surface area contributed by atoms with Gasteiger partial charge in [0.05, 0.1) is 21.5 Å². The average molecular weight is 297 g/mol. The predicted octanol–water partition coefficient (Wildman–Crippen LogP) is 0.924. The number of nitro benzene ring substituents is 2. The molecule has 0 aliphatic rings. The Morgan fingerprint density at radius 1 is 1.19 bits per heavy atom. The third-order valence-corrected chi connectivity index (χ3v) is 2.50. The van der Waals surface area contributed by atoms with Gasteiger partial charge in [0.15, 0.2) is 6.10 Å². The SMILES string of the molecule is CCC(OC(=O)c1cc([N+](=O)[O-])cc([N+](=O)[O-])c1)C(N)=O. The molecule has 1 rings (SSSR count). The molecule has 1 amide bonds. The molecule has 0 heterocycles. The Morgan fingerprint density at radius 2 is 1.67 bits per heavy atom. The molecule has 1 unspecified atom stereocenters. The third kappa shape index (κ3) is 3.96. The fourth-order valence-corrected chi connectivity index (χ4v) is 1.46. The van der Waals surface area contributed by atoms with Crippen molar-refractivity contribution in [3.63, 3.8) is 0 Å². The van der Waals surface area contributed by atoms with Crippen molar-refractivity contribution in [1.82, 2.24) is 0 Å². The van der Waals surface area contributed by atoms with Crippen LogP contribution in [-0.2, 0) is 9.53 Å². The molecule has 0 bridgehead atoms. The van der Waals surface area contributed by atoms with E-state index in [0.717, 1.165) is 12.1 Å². The fourth-order valence-electron chi connectivity index (χ4n) is 1.46. The lowest BCUT2D eigenvalue weighted by Crippen LogP contribution is -2.32. The summed E-state index contributed by atoms with van der Waals surface area (Å²) in [4.78, 5) is 42.4. The summed E-state index contributed by atoms with van der Waals surface area (Å²) in [5.41, 5.74) is 3.32. The monoisotopic (exact) mass is 297 g/mol. The largest absolute Gasteiger partial charge is 0.449 e. The predicted molar refractivity (Wildman–Crippen MR) is 68.4 cm³/mol. The first-order valence-corrected chi connectivity index (χ1v) is 5.70. The Labute approximate surface area is 117 Å². The molecular weight excluding hydrogens is 286 g/mol. The molecule has 1 atom stereocenters. The van der Waals surface area contributed by atoms with Crippen LogP contribution in [0.5, 0.6) is 0 Å². The highest BCUT2D eigenvalue weighted by Gasteiger charge is 2.24. The quantitative estimate of drug-likeness (QED) is 0.464. The summed E-state index contributed by atoms with van der Waals surface area (Å²) >= 11 is 0. The van der Waals surface area contributed by atoms with Crippen molar-refractivity contribution < 1.29 is 24.2 Å². The number of nitrogens with two attached hydrogens (primary N) is 1. The minimum absolute atomic E-state index is 0.109.